The number of amides is 1. The van der Waals surface area contributed by atoms with Crippen LogP contribution in [0.2, 0.25) is 0 Å². The Morgan fingerprint density at radius 1 is 1.46 bits per heavy atom. The molecule has 4 nitrogen and oxygen atoms in total. The Hall–Kier alpha value is -1.55. The summed E-state index contributed by atoms with van der Waals surface area (Å²) in [5.74, 6) is -0.0519. The van der Waals surface area contributed by atoms with Gasteiger partial charge in [0.1, 0.15) is 6.67 Å². The third kappa shape index (κ3) is 1.25. The van der Waals surface area contributed by atoms with Crippen molar-refractivity contribution in [2.45, 2.75) is 0 Å². The summed E-state index contributed by atoms with van der Waals surface area (Å²) in [6.07, 6.45) is 0. The molecule has 0 aromatic heterocycles. The summed E-state index contributed by atoms with van der Waals surface area (Å²) in [5, 5.41) is 4.34. The van der Waals surface area contributed by atoms with Crippen LogP contribution >= 0.6 is 0 Å². The molecule has 68 valence electrons. The normalized spacial score (nSPS) is 15.2. The number of nitrogens with zero attached hydrogens (tertiary/aromatic N) is 1. The van der Waals surface area contributed by atoms with Crippen molar-refractivity contribution >= 4 is 11.6 Å². The molecule has 0 unspecified atom stereocenters. The maximum Gasteiger partial charge on any atom is 0.254 e. The highest BCUT2D eigenvalue weighted by atomic mass is 16.7. The summed E-state index contributed by atoms with van der Waals surface area (Å²) in [5.41, 5.74) is 1.46. The van der Waals surface area contributed by atoms with Crippen molar-refractivity contribution in [2.75, 3.05) is 18.8 Å². The van der Waals surface area contributed by atoms with Crippen molar-refractivity contribution < 1.29 is 9.63 Å². The van der Waals surface area contributed by atoms with Crippen LogP contribution < -0.4 is 10.4 Å². The highest BCUT2D eigenvalue weighted by Gasteiger charge is 2.21. The summed E-state index contributed by atoms with van der Waals surface area (Å²) in [7, 11) is 1.58. The molecule has 0 spiro atoms. The molecule has 0 atom stereocenters. The van der Waals surface area contributed by atoms with E-state index in [-0.39, 0.29) is 5.91 Å². The molecule has 1 heterocycles. The van der Waals surface area contributed by atoms with Gasteiger partial charge in [-0.15, -0.1) is 0 Å². The van der Waals surface area contributed by atoms with Crippen molar-refractivity contribution in [3.05, 3.63) is 29.8 Å². The lowest BCUT2D eigenvalue weighted by Crippen LogP contribution is -2.42. The first-order valence-electron chi connectivity index (χ1n) is 4.02. The van der Waals surface area contributed by atoms with Gasteiger partial charge in [-0.2, -0.15) is 0 Å². The molecule has 1 aliphatic heterocycles. The Balaban J connectivity index is 2.47. The first-order valence-corrected chi connectivity index (χ1v) is 4.02. The number of rotatable bonds is 1. The minimum Gasteiger partial charge on any atom is -0.332 e. The smallest absolute Gasteiger partial charge is 0.254 e. The van der Waals surface area contributed by atoms with E-state index >= 15 is 0 Å². The van der Waals surface area contributed by atoms with Crippen LogP contribution in [0.1, 0.15) is 10.4 Å². The summed E-state index contributed by atoms with van der Waals surface area (Å²) >= 11 is 0. The van der Waals surface area contributed by atoms with Crippen molar-refractivity contribution in [3.63, 3.8) is 0 Å². The predicted molar refractivity (Wildman–Crippen MR) is 48.3 cm³/mol. The Bertz CT molecular complexity index is 338. The lowest BCUT2D eigenvalue weighted by Gasteiger charge is -2.28. The third-order valence-electron chi connectivity index (χ3n) is 2.02. The number of para-hydroxylation sites is 1. The Morgan fingerprint density at radius 2 is 2.23 bits per heavy atom. The van der Waals surface area contributed by atoms with E-state index < -0.39 is 0 Å². The van der Waals surface area contributed by atoms with Crippen LogP contribution in [0.25, 0.3) is 0 Å². The number of hydroxylamine groups is 1. The van der Waals surface area contributed by atoms with Crippen molar-refractivity contribution in [1.29, 1.82) is 0 Å². The van der Waals surface area contributed by atoms with Crippen LogP contribution in [0.15, 0.2) is 24.3 Å². The molecule has 0 fully saturated rings. The Kier molecular flexibility index (Phi) is 1.90. The molecular formula is C9H10N2O2. The van der Waals surface area contributed by atoms with Gasteiger partial charge in [-0.25, -0.2) is 5.06 Å². The third-order valence-corrected chi connectivity index (χ3v) is 2.02. The summed E-state index contributed by atoms with van der Waals surface area (Å²) in [6.45, 7) is 0.395. The lowest BCUT2D eigenvalue weighted by molar-refractivity contribution is 0.0893. The van der Waals surface area contributed by atoms with Gasteiger partial charge in [0.2, 0.25) is 0 Å². The van der Waals surface area contributed by atoms with Gasteiger partial charge >= 0.3 is 0 Å². The van der Waals surface area contributed by atoms with Gasteiger partial charge in [0, 0.05) is 0 Å². The number of benzene rings is 1. The van der Waals surface area contributed by atoms with Crippen LogP contribution in [-0.2, 0) is 4.84 Å². The molecule has 0 saturated heterocycles. The fraction of sp³-hybridized carbons (Fsp3) is 0.222. The summed E-state index contributed by atoms with van der Waals surface area (Å²) < 4.78 is 0. The van der Waals surface area contributed by atoms with Gasteiger partial charge in [-0.3, -0.25) is 9.63 Å². The molecule has 0 radical (unpaired) electrons. The molecular weight excluding hydrogens is 168 g/mol. The maximum absolute atomic E-state index is 11.4. The predicted octanol–water partition coefficient (Wildman–Crippen LogP) is 0.755. The van der Waals surface area contributed by atoms with Crippen LogP contribution in [0, 0.1) is 0 Å². The molecule has 1 aliphatic rings. The van der Waals surface area contributed by atoms with Gasteiger partial charge in [0.25, 0.3) is 5.91 Å². The molecule has 1 aromatic rings. The molecule has 0 saturated carbocycles. The van der Waals surface area contributed by atoms with E-state index in [9.17, 15) is 4.79 Å². The topological polar surface area (TPSA) is 41.6 Å². The quantitative estimate of drug-likeness (QED) is 0.690. The van der Waals surface area contributed by atoms with Crippen molar-refractivity contribution in [1.82, 2.24) is 5.32 Å². The first kappa shape index (κ1) is 8.07. The van der Waals surface area contributed by atoms with E-state index in [1.807, 2.05) is 18.2 Å². The number of carbonyl (C=O) groups excluding carboxylic acids is 1. The van der Waals surface area contributed by atoms with Crippen LogP contribution in [0.5, 0.6) is 0 Å². The molecule has 0 bridgehead atoms. The second-order valence-electron chi connectivity index (χ2n) is 2.74. The molecule has 2 rings (SSSR count). The highest BCUT2D eigenvalue weighted by Crippen LogP contribution is 2.22. The van der Waals surface area contributed by atoms with Gasteiger partial charge in [0.15, 0.2) is 0 Å². The van der Waals surface area contributed by atoms with Crippen molar-refractivity contribution in [2.24, 2.45) is 0 Å². The standard InChI is InChI=1S/C9H10N2O2/c1-13-11-6-10-9(12)7-4-2-3-5-8(7)11/h2-5H,6H2,1H3,(H,10,12). The minimum atomic E-state index is -0.0519. The number of carbonyl (C=O) groups is 1. The van der Waals surface area contributed by atoms with Gasteiger partial charge in [-0.1, -0.05) is 12.1 Å². The fourth-order valence-electron chi connectivity index (χ4n) is 1.37. The molecule has 13 heavy (non-hydrogen) atoms. The largest absolute Gasteiger partial charge is 0.332 e. The van der Waals surface area contributed by atoms with Crippen LogP contribution in [0.4, 0.5) is 5.69 Å². The number of nitrogens with one attached hydrogen (secondary N) is 1. The number of hydrogen-bond donors (Lipinski definition) is 1. The SMILES string of the molecule is CON1CNC(=O)c2ccccc21. The van der Waals surface area contributed by atoms with Crippen LogP contribution in [0.3, 0.4) is 0 Å². The second-order valence-corrected chi connectivity index (χ2v) is 2.74. The monoisotopic (exact) mass is 178 g/mol. The zero-order valence-electron chi connectivity index (χ0n) is 7.28. The van der Waals surface area contributed by atoms with E-state index in [1.165, 1.54) is 0 Å². The molecule has 1 N–H and O–H groups in total. The number of hydrogen-bond acceptors (Lipinski definition) is 3. The van der Waals surface area contributed by atoms with E-state index in [1.54, 1.807) is 18.2 Å². The zero-order chi connectivity index (χ0) is 9.26. The summed E-state index contributed by atoms with van der Waals surface area (Å²) in [6, 6.07) is 7.34. The van der Waals surface area contributed by atoms with E-state index in [0.717, 1.165) is 5.69 Å². The summed E-state index contributed by atoms with van der Waals surface area (Å²) in [4.78, 5) is 16.4. The second kappa shape index (κ2) is 3.06. The first-order chi connectivity index (χ1) is 6.33. The van der Waals surface area contributed by atoms with E-state index in [0.29, 0.717) is 12.2 Å². The number of anilines is 1. The van der Waals surface area contributed by atoms with Crippen LogP contribution in [-0.4, -0.2) is 19.7 Å². The van der Waals surface area contributed by atoms with Crippen molar-refractivity contribution in [3.8, 4) is 0 Å². The highest BCUT2D eigenvalue weighted by molar-refractivity contribution is 6.01. The lowest BCUT2D eigenvalue weighted by atomic mass is 10.1. The minimum absolute atomic E-state index is 0.0519. The van der Waals surface area contributed by atoms with Gasteiger partial charge in [-0.05, 0) is 12.1 Å². The van der Waals surface area contributed by atoms with E-state index in [4.69, 9.17) is 4.84 Å². The molecule has 0 aliphatic carbocycles. The molecule has 1 amide bonds. The van der Waals surface area contributed by atoms with Gasteiger partial charge in [0.05, 0.1) is 18.4 Å². The zero-order valence-corrected chi connectivity index (χ0v) is 7.28. The average Bonchev–Trinajstić information content (AvgIpc) is 2.19. The Morgan fingerprint density at radius 3 is 3.00 bits per heavy atom. The number of fused-ring (bicyclic) bond motifs is 1. The Labute approximate surface area is 76.1 Å². The fourth-order valence-corrected chi connectivity index (χ4v) is 1.37. The van der Waals surface area contributed by atoms with Gasteiger partial charge < -0.3 is 5.32 Å². The maximum atomic E-state index is 11.4. The molecule has 4 heteroatoms. The van der Waals surface area contributed by atoms with E-state index in [2.05, 4.69) is 5.32 Å². The molecule has 1 aromatic carbocycles. The average molecular weight is 178 g/mol.